The Morgan fingerprint density at radius 1 is 0.631 bits per heavy atom. The van der Waals surface area contributed by atoms with Gasteiger partial charge in [-0.3, -0.25) is 4.79 Å². The van der Waals surface area contributed by atoms with Crippen LogP contribution in [0.3, 0.4) is 0 Å². The van der Waals surface area contributed by atoms with Crippen LogP contribution in [0, 0.1) is 20.4 Å². The van der Waals surface area contributed by atoms with Crippen molar-refractivity contribution in [3.05, 3.63) is 201 Å². The van der Waals surface area contributed by atoms with Gasteiger partial charge in [-0.25, -0.2) is 21.0 Å². The average Bonchev–Trinajstić information content (AvgIpc) is 3.91. The van der Waals surface area contributed by atoms with Crippen LogP contribution in [-0.4, -0.2) is 70.5 Å². The summed E-state index contributed by atoms with van der Waals surface area (Å²) in [6.07, 6.45) is 1.40. The molecular formula is C46H43N9O10. The molecular weight excluding hydrogens is 839 g/mol. The van der Waals surface area contributed by atoms with Gasteiger partial charge in [-0.2, -0.15) is 9.97 Å². The number of carboxylic acid groups (broad SMARTS) is 3. The monoisotopic (exact) mass is 881 g/mol. The topological polar surface area (TPSA) is 308 Å². The van der Waals surface area contributed by atoms with Crippen LogP contribution in [0.25, 0.3) is 4.85 Å². The largest absolute Gasteiger partial charge is 0.478 e. The minimum Gasteiger partial charge on any atom is -0.478 e. The molecule has 2 heterocycles. The number of aromatic nitrogens is 4. The van der Waals surface area contributed by atoms with Crippen LogP contribution < -0.4 is 16.8 Å². The predicted octanol–water partition coefficient (Wildman–Crippen LogP) is 6.95. The van der Waals surface area contributed by atoms with Gasteiger partial charge in [0.25, 0.3) is 5.91 Å². The molecule has 7 rings (SSSR count). The normalized spacial score (nSPS) is 10.3. The van der Waals surface area contributed by atoms with Gasteiger partial charge in [0.2, 0.25) is 18.3 Å². The molecule has 0 aliphatic heterocycles. The van der Waals surface area contributed by atoms with E-state index in [0.29, 0.717) is 66.2 Å². The number of nitrogen functional groups attached to an aromatic ring is 1. The zero-order valence-corrected chi connectivity index (χ0v) is 35.0. The van der Waals surface area contributed by atoms with Crippen molar-refractivity contribution < 1.29 is 48.8 Å². The van der Waals surface area contributed by atoms with Crippen LogP contribution in [0.2, 0.25) is 0 Å². The van der Waals surface area contributed by atoms with Gasteiger partial charge in [0.05, 0.1) is 28.1 Å². The first kappa shape index (κ1) is 48.5. The van der Waals surface area contributed by atoms with Crippen LogP contribution in [0.5, 0.6) is 0 Å². The fourth-order valence-corrected chi connectivity index (χ4v) is 5.39. The van der Waals surface area contributed by atoms with E-state index in [-0.39, 0.29) is 28.4 Å². The highest BCUT2D eigenvalue weighted by Crippen LogP contribution is 2.18. The number of carbonyl (C=O) groups is 4. The molecule has 5 aromatic carbocycles. The molecule has 19 heteroatoms. The van der Waals surface area contributed by atoms with Crippen molar-refractivity contribution in [1.29, 1.82) is 0 Å². The number of oxime groups is 1. The summed E-state index contributed by atoms with van der Waals surface area (Å²) in [5, 5.41) is 47.4. The maximum absolute atomic E-state index is 12.2. The summed E-state index contributed by atoms with van der Waals surface area (Å²) in [5.74, 6) is -0.671. The summed E-state index contributed by atoms with van der Waals surface area (Å²) < 4.78 is 9.78. The van der Waals surface area contributed by atoms with Gasteiger partial charge in [0, 0.05) is 44.2 Å². The lowest BCUT2D eigenvalue weighted by Gasteiger charge is -2.08. The Hall–Kier alpha value is -9.18. The minimum absolute atomic E-state index is 0.0908. The summed E-state index contributed by atoms with van der Waals surface area (Å²) in [6, 6.07) is 33.5. The molecule has 0 fully saturated rings. The summed E-state index contributed by atoms with van der Waals surface area (Å²) in [5.41, 5.74) is 17.1. The zero-order chi connectivity index (χ0) is 47.3. The number of amidine groups is 1. The van der Waals surface area contributed by atoms with E-state index >= 15 is 0 Å². The van der Waals surface area contributed by atoms with E-state index in [9.17, 15) is 19.2 Å². The van der Waals surface area contributed by atoms with Gasteiger partial charge in [-0.15, -0.1) is 0 Å². The maximum atomic E-state index is 12.2. The number of hydrogen-bond acceptors (Lipinski definition) is 13. The third-order valence-corrected chi connectivity index (χ3v) is 8.67. The Morgan fingerprint density at radius 2 is 1.03 bits per heavy atom. The highest BCUT2D eigenvalue weighted by molar-refractivity contribution is 6.05. The Balaban J connectivity index is 0.000000196. The third kappa shape index (κ3) is 16.3. The number of para-hydroxylation sites is 2. The van der Waals surface area contributed by atoms with Crippen molar-refractivity contribution in [2.45, 2.75) is 39.7 Å². The summed E-state index contributed by atoms with van der Waals surface area (Å²) in [7, 11) is 0. The number of carboxylic acids is 3. The van der Waals surface area contributed by atoms with Crippen molar-refractivity contribution in [3.63, 3.8) is 0 Å². The minimum atomic E-state index is -0.972. The zero-order valence-electron chi connectivity index (χ0n) is 35.0. The number of rotatable bonds is 12. The lowest BCUT2D eigenvalue weighted by Crippen LogP contribution is -2.14. The molecule has 332 valence electrons. The number of carbonyl (C=O) groups excluding carboxylic acids is 1. The fraction of sp³-hybridized carbons (Fsp3) is 0.130. The highest BCUT2D eigenvalue weighted by atomic mass is 16.5. The van der Waals surface area contributed by atoms with E-state index in [4.69, 9.17) is 47.6 Å². The van der Waals surface area contributed by atoms with Gasteiger partial charge in [0.15, 0.2) is 11.6 Å². The first-order valence-corrected chi connectivity index (χ1v) is 19.2. The van der Waals surface area contributed by atoms with E-state index in [2.05, 4.69) is 35.6 Å². The first-order valence-electron chi connectivity index (χ1n) is 19.2. The van der Waals surface area contributed by atoms with Gasteiger partial charge < -0.3 is 51.2 Å². The van der Waals surface area contributed by atoms with E-state index in [0.717, 1.165) is 22.3 Å². The number of amides is 1. The Morgan fingerprint density at radius 3 is 1.40 bits per heavy atom. The predicted molar refractivity (Wildman–Crippen MR) is 237 cm³/mol. The number of nitrogens with one attached hydrogen (secondary N) is 1. The molecule has 0 saturated heterocycles. The van der Waals surface area contributed by atoms with Crippen LogP contribution in [0.4, 0.5) is 11.4 Å². The number of aromatic carboxylic acids is 3. The molecule has 0 unspecified atom stereocenters. The van der Waals surface area contributed by atoms with Crippen molar-refractivity contribution in [3.8, 4) is 0 Å². The molecule has 2 aromatic heterocycles. The number of nitrogens with zero attached hydrogens (tertiary/aromatic N) is 6. The van der Waals surface area contributed by atoms with Gasteiger partial charge in [-0.1, -0.05) is 76.1 Å². The number of hydrogen-bond donors (Lipinski definition) is 7. The number of benzene rings is 5. The first-order chi connectivity index (χ1) is 31.1. The molecule has 0 radical (unpaired) electrons. The van der Waals surface area contributed by atoms with Gasteiger partial charge >= 0.3 is 17.9 Å². The molecule has 0 saturated carbocycles. The summed E-state index contributed by atoms with van der Waals surface area (Å²) >= 11 is 0. The second-order valence-corrected chi connectivity index (χ2v) is 13.6. The van der Waals surface area contributed by atoms with E-state index in [1.54, 1.807) is 86.6 Å². The SMILES string of the molecule is Cc1nc(Cc2ccc(C(=O)Nc3ccccc3N)cc2)no1.Cc1nc(Cc2ccc(C(=O)O)cc2)no1.N/C(Cc1ccc(C(=O)O)cc1)=N\O.[C-]#[N+]Cc1ccc(C(=O)O)cc1. The van der Waals surface area contributed by atoms with Gasteiger partial charge in [-0.05, 0) is 77.4 Å². The summed E-state index contributed by atoms with van der Waals surface area (Å²) in [4.78, 5) is 55.2. The van der Waals surface area contributed by atoms with Crippen LogP contribution >= 0.6 is 0 Å². The smallest absolute Gasteiger partial charge is 0.335 e. The Kier molecular flexibility index (Phi) is 18.1. The molecule has 0 aliphatic carbocycles. The molecule has 65 heavy (non-hydrogen) atoms. The standard InChI is InChI=1S/C17H16N4O2.C11H10N2O3.C9H10N2O3.C9H7NO2/c1-11-19-16(21-23-11)10-12-6-8-13(9-7-12)17(22)20-15-5-3-2-4-14(15)18;1-7-12-10(13-16-7)6-8-2-4-9(5-3-8)11(14)15;10-8(11-14)5-6-1-3-7(4-2-6)9(12)13;1-10-6-7-2-4-8(5-3-7)9(11)12/h2-9H,10,18H2,1H3,(H,20,22);2-5H,6H2,1H3,(H,14,15);1-4,14H,5H2,(H2,10,11)(H,12,13);2-5H,6H2,(H,11,12). The molecule has 19 nitrogen and oxygen atoms in total. The molecule has 9 N–H and O–H groups in total. The van der Waals surface area contributed by atoms with Crippen molar-refractivity contribution in [2.24, 2.45) is 10.9 Å². The average molecular weight is 882 g/mol. The van der Waals surface area contributed by atoms with Crippen molar-refractivity contribution in [1.82, 2.24) is 20.3 Å². The second kappa shape index (κ2) is 24.3. The number of anilines is 2. The lowest BCUT2D eigenvalue weighted by atomic mass is 10.1. The van der Waals surface area contributed by atoms with Crippen LogP contribution in [-0.2, 0) is 25.8 Å². The van der Waals surface area contributed by atoms with E-state index in [1.165, 1.54) is 24.3 Å². The maximum Gasteiger partial charge on any atom is 0.335 e. The molecule has 0 bridgehead atoms. The quantitative estimate of drug-likeness (QED) is 0.0163. The second-order valence-electron chi connectivity index (χ2n) is 13.6. The number of aryl methyl sites for hydroxylation is 2. The molecule has 0 spiro atoms. The molecule has 7 aromatic rings. The fourth-order valence-electron chi connectivity index (χ4n) is 5.39. The molecule has 0 aliphatic rings. The summed E-state index contributed by atoms with van der Waals surface area (Å²) in [6.45, 7) is 10.4. The van der Waals surface area contributed by atoms with Crippen LogP contribution in [0.15, 0.2) is 136 Å². The van der Waals surface area contributed by atoms with E-state index in [1.807, 2.05) is 24.3 Å². The Labute approximate surface area is 371 Å². The highest BCUT2D eigenvalue weighted by Gasteiger charge is 2.10. The van der Waals surface area contributed by atoms with Crippen molar-refractivity contribution >= 4 is 41.0 Å². The van der Waals surface area contributed by atoms with E-state index < -0.39 is 17.9 Å². The lowest BCUT2D eigenvalue weighted by molar-refractivity contribution is 0.0686. The van der Waals surface area contributed by atoms with Gasteiger partial charge in [0.1, 0.15) is 5.84 Å². The Bertz CT molecular complexity index is 2740. The van der Waals surface area contributed by atoms with Crippen molar-refractivity contribution in [2.75, 3.05) is 11.1 Å². The molecule has 1 amide bonds. The number of nitrogens with two attached hydrogens (primary N) is 2. The van der Waals surface area contributed by atoms with Crippen LogP contribution in [0.1, 0.15) is 87.1 Å². The molecule has 0 atom stereocenters. The third-order valence-electron chi connectivity index (χ3n) is 8.67.